The molecule has 0 aliphatic carbocycles. The van der Waals surface area contributed by atoms with Crippen LogP contribution >= 0.6 is 0 Å². The van der Waals surface area contributed by atoms with Crippen molar-refractivity contribution in [3.05, 3.63) is 17.5 Å². The minimum Gasteiger partial charge on any atom is -0.477 e. The molecule has 17 heavy (non-hydrogen) atoms. The van der Waals surface area contributed by atoms with Crippen molar-refractivity contribution in [3.8, 4) is 0 Å². The van der Waals surface area contributed by atoms with Crippen LogP contribution in [0.25, 0.3) is 0 Å². The van der Waals surface area contributed by atoms with Crippen LogP contribution in [-0.2, 0) is 4.74 Å². The Labute approximate surface area is 99.2 Å². The lowest BCUT2D eigenvalue weighted by atomic mass is 10.2. The molecule has 0 bridgehead atoms. The molecule has 0 saturated carbocycles. The predicted octanol–water partition coefficient (Wildman–Crippen LogP) is 0.708. The van der Waals surface area contributed by atoms with Gasteiger partial charge in [-0.2, -0.15) is 0 Å². The van der Waals surface area contributed by atoms with Crippen molar-refractivity contribution in [1.82, 2.24) is 9.97 Å². The highest BCUT2D eigenvalue weighted by Gasteiger charge is 2.22. The lowest BCUT2D eigenvalue weighted by Gasteiger charge is -2.33. The first-order valence-corrected chi connectivity index (χ1v) is 5.51. The summed E-state index contributed by atoms with van der Waals surface area (Å²) < 4.78 is 5.33. The number of rotatable bonds is 2. The van der Waals surface area contributed by atoms with Crippen molar-refractivity contribution in [1.29, 1.82) is 0 Å². The van der Waals surface area contributed by atoms with Gasteiger partial charge in [-0.1, -0.05) is 0 Å². The molecule has 1 saturated heterocycles. The highest BCUT2D eigenvalue weighted by atomic mass is 16.5. The van der Waals surface area contributed by atoms with Gasteiger partial charge in [-0.05, 0) is 19.9 Å². The largest absolute Gasteiger partial charge is 0.477 e. The van der Waals surface area contributed by atoms with Crippen LogP contribution < -0.4 is 4.90 Å². The summed E-state index contributed by atoms with van der Waals surface area (Å²) in [6, 6.07) is 1.63. The maximum absolute atomic E-state index is 10.9. The monoisotopic (exact) mass is 237 g/mol. The molecule has 0 amide bonds. The third-order valence-electron chi connectivity index (χ3n) is 2.69. The van der Waals surface area contributed by atoms with E-state index >= 15 is 0 Å². The third-order valence-corrected chi connectivity index (χ3v) is 2.69. The predicted molar refractivity (Wildman–Crippen MR) is 61.4 cm³/mol. The highest BCUT2D eigenvalue weighted by molar-refractivity contribution is 5.85. The molecular weight excluding hydrogens is 222 g/mol. The quantitative estimate of drug-likeness (QED) is 0.816. The van der Waals surface area contributed by atoms with Gasteiger partial charge in [0.15, 0.2) is 5.69 Å². The van der Waals surface area contributed by atoms with Crippen molar-refractivity contribution < 1.29 is 14.6 Å². The zero-order valence-corrected chi connectivity index (χ0v) is 9.88. The van der Waals surface area contributed by atoms with Crippen LogP contribution in [0, 0.1) is 6.92 Å². The Hall–Kier alpha value is -1.69. The molecule has 0 radical (unpaired) electrons. The maximum Gasteiger partial charge on any atom is 0.354 e. The normalized spacial score (nSPS) is 20.4. The van der Waals surface area contributed by atoms with Gasteiger partial charge in [0.25, 0.3) is 0 Å². The van der Waals surface area contributed by atoms with Gasteiger partial charge in [0, 0.05) is 12.2 Å². The van der Waals surface area contributed by atoms with Crippen molar-refractivity contribution in [2.45, 2.75) is 19.9 Å². The Morgan fingerprint density at radius 1 is 1.59 bits per heavy atom. The van der Waals surface area contributed by atoms with E-state index in [1.165, 1.54) is 6.07 Å². The Morgan fingerprint density at radius 3 is 3.00 bits per heavy atom. The van der Waals surface area contributed by atoms with Gasteiger partial charge in [-0.15, -0.1) is 0 Å². The summed E-state index contributed by atoms with van der Waals surface area (Å²) in [5, 5.41) is 8.96. The second-order valence-electron chi connectivity index (χ2n) is 4.12. The molecule has 1 aromatic rings. The second kappa shape index (κ2) is 4.67. The van der Waals surface area contributed by atoms with E-state index in [4.69, 9.17) is 9.84 Å². The number of carbonyl (C=O) groups is 1. The minimum atomic E-state index is -1.03. The first-order chi connectivity index (χ1) is 8.08. The van der Waals surface area contributed by atoms with Crippen molar-refractivity contribution in [2.24, 2.45) is 0 Å². The van der Waals surface area contributed by atoms with Crippen LogP contribution in [0.1, 0.15) is 23.1 Å². The number of aromatic nitrogens is 2. The summed E-state index contributed by atoms with van der Waals surface area (Å²) >= 11 is 0. The molecule has 6 heteroatoms. The van der Waals surface area contributed by atoms with E-state index < -0.39 is 5.97 Å². The van der Waals surface area contributed by atoms with E-state index in [0.29, 0.717) is 31.4 Å². The molecule has 1 unspecified atom stereocenters. The Balaban J connectivity index is 2.33. The summed E-state index contributed by atoms with van der Waals surface area (Å²) in [4.78, 5) is 21.3. The smallest absolute Gasteiger partial charge is 0.354 e. The Kier molecular flexibility index (Phi) is 3.23. The van der Waals surface area contributed by atoms with Gasteiger partial charge in [0.1, 0.15) is 0 Å². The second-order valence-corrected chi connectivity index (χ2v) is 4.12. The zero-order valence-electron chi connectivity index (χ0n) is 9.88. The first-order valence-electron chi connectivity index (χ1n) is 5.51. The maximum atomic E-state index is 10.9. The van der Waals surface area contributed by atoms with Crippen LogP contribution in [0.4, 0.5) is 5.95 Å². The van der Waals surface area contributed by atoms with Gasteiger partial charge >= 0.3 is 5.97 Å². The number of carboxylic acid groups (broad SMARTS) is 1. The summed E-state index contributed by atoms with van der Waals surface area (Å²) in [6.45, 7) is 5.68. The highest BCUT2D eigenvalue weighted by Crippen LogP contribution is 2.16. The summed E-state index contributed by atoms with van der Waals surface area (Å²) in [5.74, 6) is -0.559. The number of anilines is 1. The molecule has 2 rings (SSSR count). The minimum absolute atomic E-state index is 0.0335. The molecular formula is C11H15N3O3. The van der Waals surface area contributed by atoms with E-state index in [1.807, 2.05) is 11.8 Å². The van der Waals surface area contributed by atoms with E-state index in [2.05, 4.69) is 9.97 Å². The van der Waals surface area contributed by atoms with Gasteiger partial charge in [0.2, 0.25) is 5.95 Å². The average molecular weight is 237 g/mol. The number of nitrogens with zero attached hydrogens (tertiary/aromatic N) is 3. The van der Waals surface area contributed by atoms with Crippen molar-refractivity contribution in [2.75, 3.05) is 24.7 Å². The lowest BCUT2D eigenvalue weighted by Crippen LogP contribution is -2.44. The standard InChI is InChI=1S/C11H15N3O3/c1-7-5-9(10(15)16)13-11(12-7)14-3-4-17-6-8(14)2/h5,8H,3-4,6H2,1-2H3,(H,15,16). The molecule has 1 atom stereocenters. The summed E-state index contributed by atoms with van der Waals surface area (Å²) in [7, 11) is 0. The van der Waals surface area contributed by atoms with Gasteiger partial charge in [0.05, 0.1) is 19.3 Å². The van der Waals surface area contributed by atoms with Crippen LogP contribution in [-0.4, -0.2) is 46.8 Å². The lowest BCUT2D eigenvalue weighted by molar-refractivity contribution is 0.0689. The zero-order chi connectivity index (χ0) is 12.4. The Morgan fingerprint density at radius 2 is 2.35 bits per heavy atom. The average Bonchev–Trinajstić information content (AvgIpc) is 2.28. The number of morpholine rings is 1. The molecule has 1 fully saturated rings. The molecule has 0 spiro atoms. The van der Waals surface area contributed by atoms with E-state index in [0.717, 1.165) is 0 Å². The van der Waals surface area contributed by atoms with Gasteiger partial charge in [-0.3, -0.25) is 0 Å². The van der Waals surface area contributed by atoms with Crippen LogP contribution in [0.15, 0.2) is 6.07 Å². The van der Waals surface area contributed by atoms with E-state index in [-0.39, 0.29) is 11.7 Å². The molecule has 2 heterocycles. The van der Waals surface area contributed by atoms with E-state index in [1.54, 1.807) is 6.92 Å². The van der Waals surface area contributed by atoms with Gasteiger partial charge < -0.3 is 14.7 Å². The SMILES string of the molecule is Cc1cc(C(=O)O)nc(N2CCOCC2C)n1. The molecule has 1 aliphatic heterocycles. The molecule has 1 N–H and O–H groups in total. The van der Waals surface area contributed by atoms with Gasteiger partial charge in [-0.25, -0.2) is 14.8 Å². The molecule has 0 aromatic carbocycles. The van der Waals surface area contributed by atoms with Crippen molar-refractivity contribution in [3.63, 3.8) is 0 Å². The van der Waals surface area contributed by atoms with Crippen LogP contribution in [0.5, 0.6) is 0 Å². The number of hydrogen-bond acceptors (Lipinski definition) is 5. The van der Waals surface area contributed by atoms with E-state index in [9.17, 15) is 4.79 Å². The number of hydrogen-bond donors (Lipinski definition) is 1. The molecule has 1 aliphatic rings. The fraction of sp³-hybridized carbons (Fsp3) is 0.545. The molecule has 1 aromatic heterocycles. The van der Waals surface area contributed by atoms with Crippen LogP contribution in [0.3, 0.4) is 0 Å². The summed E-state index contributed by atoms with van der Waals surface area (Å²) in [5.41, 5.74) is 0.692. The number of ether oxygens (including phenoxy) is 1. The fourth-order valence-electron chi connectivity index (χ4n) is 1.82. The Bertz CT molecular complexity index is 436. The number of carboxylic acids is 1. The topological polar surface area (TPSA) is 75.5 Å². The molecule has 6 nitrogen and oxygen atoms in total. The third kappa shape index (κ3) is 2.52. The number of aromatic carboxylic acids is 1. The molecule has 92 valence electrons. The summed E-state index contributed by atoms with van der Waals surface area (Å²) in [6.07, 6.45) is 0. The van der Waals surface area contributed by atoms with Crippen molar-refractivity contribution >= 4 is 11.9 Å². The first kappa shape index (κ1) is 11.8. The fourth-order valence-corrected chi connectivity index (χ4v) is 1.82. The number of aryl methyl sites for hydroxylation is 1. The van der Waals surface area contributed by atoms with Crippen LogP contribution in [0.2, 0.25) is 0 Å².